The minimum Gasteiger partial charge on any atom is -0.488 e. The van der Waals surface area contributed by atoms with Crippen LogP contribution < -0.4 is 4.74 Å². The first-order valence-corrected chi connectivity index (χ1v) is 14.5. The molecule has 0 N–H and O–H groups in total. The van der Waals surface area contributed by atoms with Crippen molar-refractivity contribution in [2.45, 2.75) is 57.2 Å². The van der Waals surface area contributed by atoms with Crippen molar-refractivity contribution in [2.24, 2.45) is 0 Å². The molecule has 41 heavy (non-hydrogen) atoms. The van der Waals surface area contributed by atoms with E-state index in [0.717, 1.165) is 48.0 Å². The van der Waals surface area contributed by atoms with Crippen LogP contribution >= 0.6 is 11.6 Å². The second kappa shape index (κ2) is 11.6. The summed E-state index contributed by atoms with van der Waals surface area (Å²) < 4.78 is 6.03. The number of benzene rings is 3. The highest BCUT2D eigenvalue weighted by atomic mass is 35.5. The number of nitrogens with zero attached hydrogens (tertiary/aromatic N) is 2. The fourth-order valence-corrected chi connectivity index (χ4v) is 6.35. The van der Waals surface area contributed by atoms with Gasteiger partial charge in [-0.3, -0.25) is 29.0 Å². The van der Waals surface area contributed by atoms with E-state index < -0.39 is 17.9 Å². The molecule has 0 radical (unpaired) electrons. The zero-order valence-electron chi connectivity index (χ0n) is 22.7. The highest BCUT2D eigenvalue weighted by Gasteiger charge is 2.45. The Morgan fingerprint density at radius 1 is 0.829 bits per heavy atom. The zero-order valence-corrected chi connectivity index (χ0v) is 23.4. The highest BCUT2D eigenvalue weighted by Crippen LogP contribution is 2.35. The van der Waals surface area contributed by atoms with Crippen molar-refractivity contribution in [1.29, 1.82) is 0 Å². The lowest BCUT2D eigenvalue weighted by molar-refractivity contribution is -0.132. The molecule has 0 bridgehead atoms. The summed E-state index contributed by atoms with van der Waals surface area (Å²) in [5.74, 6) is -0.730. The van der Waals surface area contributed by atoms with Gasteiger partial charge >= 0.3 is 0 Å². The van der Waals surface area contributed by atoms with Crippen molar-refractivity contribution in [3.8, 4) is 5.75 Å². The lowest BCUT2D eigenvalue weighted by atomic mass is 9.89. The summed E-state index contributed by atoms with van der Waals surface area (Å²) in [4.78, 5) is 54.0. The molecule has 2 fully saturated rings. The van der Waals surface area contributed by atoms with Gasteiger partial charge in [0.15, 0.2) is 5.78 Å². The van der Waals surface area contributed by atoms with E-state index in [4.69, 9.17) is 16.3 Å². The minimum absolute atomic E-state index is 0.156. The minimum atomic E-state index is -0.900. The molecule has 7 nitrogen and oxygen atoms in total. The van der Waals surface area contributed by atoms with Crippen molar-refractivity contribution >= 4 is 35.0 Å². The highest BCUT2D eigenvalue weighted by molar-refractivity contribution is 6.30. The van der Waals surface area contributed by atoms with Crippen molar-refractivity contribution in [2.75, 3.05) is 13.1 Å². The van der Waals surface area contributed by atoms with Gasteiger partial charge in [0.05, 0.1) is 23.6 Å². The van der Waals surface area contributed by atoms with E-state index in [1.807, 2.05) is 24.3 Å². The maximum absolute atomic E-state index is 13.3. The summed E-state index contributed by atoms with van der Waals surface area (Å²) >= 11 is 6.18. The number of likely N-dealkylation sites (tertiary alicyclic amines) is 1. The maximum Gasteiger partial charge on any atom is 0.266 e. The molecule has 3 aromatic carbocycles. The normalized spacial score (nSPS) is 20.0. The number of carbonyl (C=O) groups is 4. The molecule has 1 saturated carbocycles. The number of halogens is 1. The van der Waals surface area contributed by atoms with Gasteiger partial charge in [0.2, 0.25) is 0 Å². The topological polar surface area (TPSA) is 84.0 Å². The molecule has 0 aromatic heterocycles. The summed E-state index contributed by atoms with van der Waals surface area (Å²) in [6.45, 7) is 3.19. The Kier molecular flexibility index (Phi) is 7.73. The molecule has 2 heterocycles. The second-order valence-corrected chi connectivity index (χ2v) is 11.5. The Morgan fingerprint density at radius 3 is 2.29 bits per heavy atom. The van der Waals surface area contributed by atoms with E-state index in [-0.39, 0.29) is 48.6 Å². The van der Waals surface area contributed by atoms with Gasteiger partial charge < -0.3 is 4.74 Å². The Labute approximate surface area is 244 Å². The summed E-state index contributed by atoms with van der Waals surface area (Å²) in [6, 6.07) is 20.5. The molecule has 3 aliphatic rings. The van der Waals surface area contributed by atoms with Crippen molar-refractivity contribution in [1.82, 2.24) is 9.80 Å². The molecular formula is C33H31ClN2O5. The molecule has 2 amide bonds. The smallest absolute Gasteiger partial charge is 0.266 e. The number of piperidine rings is 1. The first kappa shape index (κ1) is 27.4. The quantitative estimate of drug-likeness (QED) is 0.272. The molecule has 0 spiro atoms. The van der Waals surface area contributed by atoms with Crippen LogP contribution in [0.5, 0.6) is 5.75 Å². The standard InChI is InChI=1S/C33H31ClN2O5/c34-25-4-1-3-24(17-25)23-13-15-35(16-14-23)19-21-7-9-22(10-8-21)20-41-30-6-2-5-27-31(30)33(40)36(32(27)39)28-12-11-26(37)18-29(28)38/h1-10,17,23,28H,11-16,18-20H2. The van der Waals surface area contributed by atoms with Gasteiger partial charge in [-0.2, -0.15) is 0 Å². The van der Waals surface area contributed by atoms with Crippen molar-refractivity contribution in [3.63, 3.8) is 0 Å². The number of hydrogen-bond acceptors (Lipinski definition) is 6. The van der Waals surface area contributed by atoms with Gasteiger partial charge in [-0.15, -0.1) is 0 Å². The fraction of sp³-hybridized carbons (Fsp3) is 0.333. The van der Waals surface area contributed by atoms with E-state index in [2.05, 4.69) is 29.2 Å². The van der Waals surface area contributed by atoms with Crippen LogP contribution in [0.1, 0.15) is 75.4 Å². The first-order chi connectivity index (χ1) is 19.9. The number of ether oxygens (including phenoxy) is 1. The molecular weight excluding hydrogens is 540 g/mol. The number of Topliss-reactive ketones (excluding diaryl/α,β-unsaturated/α-hetero) is 2. The maximum atomic E-state index is 13.3. The van der Waals surface area contributed by atoms with Gasteiger partial charge in [-0.1, -0.05) is 54.1 Å². The SMILES string of the molecule is O=C1CCC(N2C(=O)c3cccc(OCc4ccc(CN5CCC(c6cccc(Cl)c6)CC5)cc4)c3C2=O)C(=O)C1. The van der Waals surface area contributed by atoms with Crippen LogP contribution in [0.3, 0.4) is 0 Å². The number of fused-ring (bicyclic) bond motifs is 1. The van der Waals surface area contributed by atoms with E-state index in [0.29, 0.717) is 11.7 Å². The van der Waals surface area contributed by atoms with Crippen LogP contribution in [-0.2, 0) is 22.7 Å². The Morgan fingerprint density at radius 2 is 1.56 bits per heavy atom. The number of imide groups is 1. The molecule has 1 unspecified atom stereocenters. The van der Waals surface area contributed by atoms with Gasteiger partial charge in [-0.05, 0) is 79.2 Å². The van der Waals surface area contributed by atoms with Crippen LogP contribution in [0, 0.1) is 0 Å². The predicted octanol–water partition coefficient (Wildman–Crippen LogP) is 5.59. The van der Waals surface area contributed by atoms with E-state index in [1.165, 1.54) is 11.1 Å². The summed E-state index contributed by atoms with van der Waals surface area (Å²) in [7, 11) is 0. The van der Waals surface area contributed by atoms with E-state index in [9.17, 15) is 19.2 Å². The van der Waals surface area contributed by atoms with E-state index >= 15 is 0 Å². The number of ketones is 2. The van der Waals surface area contributed by atoms with Gasteiger partial charge in [0, 0.05) is 18.0 Å². The predicted molar refractivity (Wildman–Crippen MR) is 154 cm³/mol. The lowest BCUT2D eigenvalue weighted by Gasteiger charge is -2.32. The van der Waals surface area contributed by atoms with Crippen LogP contribution in [0.15, 0.2) is 66.7 Å². The van der Waals surface area contributed by atoms with Gasteiger partial charge in [-0.25, -0.2) is 0 Å². The molecule has 1 aliphatic carbocycles. The zero-order chi connectivity index (χ0) is 28.5. The molecule has 3 aromatic rings. The molecule has 210 valence electrons. The van der Waals surface area contributed by atoms with Crippen LogP contribution in [0.4, 0.5) is 0 Å². The molecule has 6 rings (SSSR count). The largest absolute Gasteiger partial charge is 0.488 e. The van der Waals surface area contributed by atoms with Crippen LogP contribution in [0.25, 0.3) is 0 Å². The molecule has 8 heteroatoms. The number of hydrogen-bond donors (Lipinski definition) is 0. The third-order valence-corrected chi connectivity index (χ3v) is 8.63. The Bertz CT molecular complexity index is 1510. The van der Waals surface area contributed by atoms with Crippen LogP contribution in [0.2, 0.25) is 5.02 Å². The lowest BCUT2D eigenvalue weighted by Crippen LogP contribution is -2.47. The van der Waals surface area contributed by atoms with Gasteiger partial charge in [0.25, 0.3) is 11.8 Å². The Balaban J connectivity index is 1.05. The first-order valence-electron chi connectivity index (χ1n) is 14.1. The molecule has 2 aliphatic heterocycles. The average molecular weight is 571 g/mol. The Hall–Kier alpha value is -3.81. The van der Waals surface area contributed by atoms with Crippen molar-refractivity contribution in [3.05, 3.63) is 99.6 Å². The summed E-state index contributed by atoms with van der Waals surface area (Å²) in [5.41, 5.74) is 3.90. The third kappa shape index (κ3) is 5.69. The van der Waals surface area contributed by atoms with E-state index in [1.54, 1.807) is 18.2 Å². The second-order valence-electron chi connectivity index (χ2n) is 11.1. The number of carbonyl (C=O) groups excluding carboxylic acids is 4. The number of rotatable bonds is 7. The summed E-state index contributed by atoms with van der Waals surface area (Å²) in [5, 5.41) is 0.794. The third-order valence-electron chi connectivity index (χ3n) is 8.39. The number of amides is 2. The molecule has 1 atom stereocenters. The monoisotopic (exact) mass is 570 g/mol. The van der Waals surface area contributed by atoms with Crippen molar-refractivity contribution < 1.29 is 23.9 Å². The van der Waals surface area contributed by atoms with Crippen LogP contribution in [-0.4, -0.2) is 52.3 Å². The molecule has 1 saturated heterocycles. The fourth-order valence-electron chi connectivity index (χ4n) is 6.15. The van der Waals surface area contributed by atoms with Gasteiger partial charge in [0.1, 0.15) is 18.1 Å². The average Bonchev–Trinajstić information content (AvgIpc) is 3.23. The summed E-state index contributed by atoms with van der Waals surface area (Å²) in [6.07, 6.45) is 2.34.